The van der Waals surface area contributed by atoms with Gasteiger partial charge in [-0.1, -0.05) is 12.1 Å². The third-order valence-corrected chi connectivity index (χ3v) is 3.87. The van der Waals surface area contributed by atoms with Crippen LogP contribution in [0, 0.1) is 0 Å². The van der Waals surface area contributed by atoms with Crippen molar-refractivity contribution in [3.63, 3.8) is 0 Å². The number of rotatable bonds is 3. The number of nitrogens with two attached hydrogens (primary N) is 1. The first-order chi connectivity index (χ1) is 10.2. The molecule has 2 heterocycles. The number of likely N-dealkylation sites (tertiary alicyclic amines) is 1. The van der Waals surface area contributed by atoms with Gasteiger partial charge in [0.1, 0.15) is 0 Å². The quantitative estimate of drug-likeness (QED) is 0.806. The third-order valence-electron chi connectivity index (χ3n) is 3.87. The van der Waals surface area contributed by atoms with Crippen molar-refractivity contribution in [2.75, 3.05) is 18.4 Å². The van der Waals surface area contributed by atoms with Gasteiger partial charge in [0.25, 0.3) is 0 Å². The highest BCUT2D eigenvalue weighted by molar-refractivity contribution is 5.72. The van der Waals surface area contributed by atoms with Crippen LogP contribution in [0.25, 0.3) is 11.3 Å². The zero-order valence-electron chi connectivity index (χ0n) is 11.7. The number of aromatic nitrogens is 2. The molecule has 0 spiro atoms. The molecule has 6 heteroatoms. The van der Waals surface area contributed by atoms with E-state index in [1.54, 1.807) is 11.2 Å². The minimum Gasteiger partial charge on any atom is -0.382 e. The maximum absolute atomic E-state index is 11.1. The van der Waals surface area contributed by atoms with Crippen LogP contribution in [0.2, 0.25) is 0 Å². The first-order valence-electron chi connectivity index (χ1n) is 7.12. The van der Waals surface area contributed by atoms with E-state index in [1.165, 1.54) is 0 Å². The molecule has 1 aliphatic heterocycles. The number of nitrogens with zero attached hydrogens (tertiary/aromatic N) is 2. The topological polar surface area (TPSA) is 87.0 Å². The number of imidazole rings is 1. The summed E-state index contributed by atoms with van der Waals surface area (Å²) in [6, 6.07) is 8.33. The van der Waals surface area contributed by atoms with Gasteiger partial charge in [-0.2, -0.15) is 0 Å². The summed E-state index contributed by atoms with van der Waals surface area (Å²) in [4.78, 5) is 19.9. The smallest absolute Gasteiger partial charge is 0.314 e. The Morgan fingerprint density at radius 2 is 2.00 bits per heavy atom. The molecular weight excluding hydrogens is 266 g/mol. The largest absolute Gasteiger partial charge is 0.382 e. The highest BCUT2D eigenvalue weighted by atomic mass is 16.2. The van der Waals surface area contributed by atoms with Gasteiger partial charge < -0.3 is 20.9 Å². The van der Waals surface area contributed by atoms with Gasteiger partial charge in [0.05, 0.1) is 18.2 Å². The van der Waals surface area contributed by atoms with Crippen LogP contribution in [0.4, 0.5) is 10.5 Å². The van der Waals surface area contributed by atoms with Gasteiger partial charge in [-0.05, 0) is 30.5 Å². The third kappa shape index (κ3) is 3.16. The Hall–Kier alpha value is -2.50. The Morgan fingerprint density at radius 1 is 1.29 bits per heavy atom. The average Bonchev–Trinajstić information content (AvgIpc) is 3.03. The summed E-state index contributed by atoms with van der Waals surface area (Å²) in [5.41, 5.74) is 8.50. The van der Waals surface area contributed by atoms with Crippen molar-refractivity contribution in [1.29, 1.82) is 0 Å². The minimum atomic E-state index is -0.322. The molecule has 110 valence electrons. The number of anilines is 1. The molecule has 0 unspecified atom stereocenters. The SMILES string of the molecule is NC(=O)N1CCC(Nc2ccc(-c3cnc[nH]3)cc2)CC1. The molecule has 21 heavy (non-hydrogen) atoms. The molecule has 0 radical (unpaired) electrons. The summed E-state index contributed by atoms with van der Waals surface area (Å²) < 4.78 is 0. The van der Waals surface area contributed by atoms with E-state index in [-0.39, 0.29) is 6.03 Å². The maximum atomic E-state index is 11.1. The van der Waals surface area contributed by atoms with Gasteiger partial charge in [-0.25, -0.2) is 9.78 Å². The number of piperidine rings is 1. The molecule has 4 N–H and O–H groups in total. The summed E-state index contributed by atoms with van der Waals surface area (Å²) in [5.74, 6) is 0. The number of amides is 2. The van der Waals surface area contributed by atoms with E-state index in [2.05, 4.69) is 39.6 Å². The second-order valence-corrected chi connectivity index (χ2v) is 5.29. The molecule has 0 aliphatic carbocycles. The summed E-state index contributed by atoms with van der Waals surface area (Å²) >= 11 is 0. The van der Waals surface area contributed by atoms with E-state index >= 15 is 0 Å². The van der Waals surface area contributed by atoms with E-state index in [9.17, 15) is 4.79 Å². The zero-order chi connectivity index (χ0) is 14.7. The molecule has 6 nitrogen and oxygen atoms in total. The molecule has 0 bridgehead atoms. The number of H-pyrrole nitrogens is 1. The van der Waals surface area contributed by atoms with E-state index < -0.39 is 0 Å². The van der Waals surface area contributed by atoms with Crippen molar-refractivity contribution in [2.45, 2.75) is 18.9 Å². The van der Waals surface area contributed by atoms with Crippen molar-refractivity contribution in [1.82, 2.24) is 14.9 Å². The summed E-state index contributed by atoms with van der Waals surface area (Å²) in [6.45, 7) is 1.44. The average molecular weight is 285 g/mol. The second-order valence-electron chi connectivity index (χ2n) is 5.29. The molecule has 1 aliphatic rings. The van der Waals surface area contributed by atoms with Crippen LogP contribution in [-0.4, -0.2) is 40.0 Å². The van der Waals surface area contributed by atoms with Crippen molar-refractivity contribution < 1.29 is 4.79 Å². The lowest BCUT2D eigenvalue weighted by molar-refractivity contribution is 0.193. The number of hydrogen-bond acceptors (Lipinski definition) is 3. The van der Waals surface area contributed by atoms with Gasteiger partial charge in [-0.3, -0.25) is 0 Å². The fourth-order valence-corrected chi connectivity index (χ4v) is 2.64. The summed E-state index contributed by atoms with van der Waals surface area (Å²) in [7, 11) is 0. The normalized spacial score (nSPS) is 15.9. The van der Waals surface area contributed by atoms with E-state index in [0.717, 1.165) is 42.9 Å². The second kappa shape index (κ2) is 5.87. The van der Waals surface area contributed by atoms with Crippen LogP contribution in [0.1, 0.15) is 12.8 Å². The Bertz CT molecular complexity index is 585. The minimum absolute atomic E-state index is 0.322. The Morgan fingerprint density at radius 3 is 2.57 bits per heavy atom. The molecule has 1 fully saturated rings. The van der Waals surface area contributed by atoms with Crippen molar-refractivity contribution >= 4 is 11.7 Å². The number of primary amides is 1. The first kappa shape index (κ1) is 13.5. The fraction of sp³-hybridized carbons (Fsp3) is 0.333. The maximum Gasteiger partial charge on any atom is 0.314 e. The van der Waals surface area contributed by atoms with Gasteiger partial charge in [-0.15, -0.1) is 0 Å². The van der Waals surface area contributed by atoms with E-state index in [1.807, 2.05) is 6.20 Å². The number of carbonyl (C=O) groups excluding carboxylic acids is 1. The number of nitrogens with one attached hydrogen (secondary N) is 2. The van der Waals surface area contributed by atoms with Crippen molar-refractivity contribution in [2.24, 2.45) is 5.73 Å². The predicted molar refractivity (Wildman–Crippen MR) is 81.8 cm³/mol. The van der Waals surface area contributed by atoms with Gasteiger partial charge in [0.2, 0.25) is 0 Å². The number of aromatic amines is 1. The number of benzene rings is 1. The van der Waals surface area contributed by atoms with Crippen molar-refractivity contribution in [3.8, 4) is 11.3 Å². The molecule has 0 saturated carbocycles. The molecule has 1 aromatic carbocycles. The lowest BCUT2D eigenvalue weighted by Crippen LogP contribution is -2.44. The van der Waals surface area contributed by atoms with Gasteiger partial charge in [0, 0.05) is 24.8 Å². The van der Waals surface area contributed by atoms with Crippen molar-refractivity contribution in [3.05, 3.63) is 36.8 Å². The Balaban J connectivity index is 1.58. The van der Waals surface area contributed by atoms with Crippen LogP contribution >= 0.6 is 0 Å². The van der Waals surface area contributed by atoms with Crippen LogP contribution in [0.5, 0.6) is 0 Å². The van der Waals surface area contributed by atoms with Crippen LogP contribution < -0.4 is 11.1 Å². The molecule has 1 saturated heterocycles. The fourth-order valence-electron chi connectivity index (χ4n) is 2.64. The van der Waals surface area contributed by atoms with E-state index in [4.69, 9.17) is 5.73 Å². The Labute approximate surface area is 123 Å². The molecule has 1 aromatic heterocycles. The predicted octanol–water partition coefficient (Wildman–Crippen LogP) is 2.03. The van der Waals surface area contributed by atoms with Gasteiger partial charge in [0.15, 0.2) is 0 Å². The summed E-state index contributed by atoms with van der Waals surface area (Å²) in [5, 5.41) is 3.51. The molecule has 3 rings (SSSR count). The molecule has 2 amide bonds. The lowest BCUT2D eigenvalue weighted by atomic mass is 10.0. The highest BCUT2D eigenvalue weighted by Gasteiger charge is 2.20. The molecule has 0 atom stereocenters. The van der Waals surface area contributed by atoms with Crippen LogP contribution in [0.3, 0.4) is 0 Å². The molecule has 2 aromatic rings. The summed E-state index contributed by atoms with van der Waals surface area (Å²) in [6.07, 6.45) is 5.33. The first-order valence-corrected chi connectivity index (χ1v) is 7.12. The zero-order valence-corrected chi connectivity index (χ0v) is 11.7. The lowest BCUT2D eigenvalue weighted by Gasteiger charge is -2.31. The van der Waals surface area contributed by atoms with Crippen LogP contribution in [0.15, 0.2) is 36.8 Å². The highest BCUT2D eigenvalue weighted by Crippen LogP contribution is 2.21. The number of urea groups is 1. The Kier molecular flexibility index (Phi) is 3.77. The number of carbonyl (C=O) groups is 1. The monoisotopic (exact) mass is 285 g/mol. The molecular formula is C15H19N5O. The van der Waals surface area contributed by atoms with Crippen LogP contribution in [-0.2, 0) is 0 Å². The standard InChI is InChI=1S/C15H19N5O/c16-15(21)20-7-5-13(6-8-20)19-12-3-1-11(2-4-12)14-9-17-10-18-14/h1-4,9-10,13,19H,5-8H2,(H2,16,21)(H,17,18). The number of hydrogen-bond donors (Lipinski definition) is 3. The van der Waals surface area contributed by atoms with Gasteiger partial charge >= 0.3 is 6.03 Å². The van der Waals surface area contributed by atoms with E-state index in [0.29, 0.717) is 6.04 Å².